The maximum Gasteiger partial charge on any atom is 0.410 e. The first kappa shape index (κ1) is 22.8. The van der Waals surface area contributed by atoms with E-state index in [1.54, 1.807) is 4.90 Å². The van der Waals surface area contributed by atoms with Crippen LogP contribution in [0.25, 0.3) is 0 Å². The van der Waals surface area contributed by atoms with Gasteiger partial charge in [0.1, 0.15) is 5.60 Å². The summed E-state index contributed by atoms with van der Waals surface area (Å²) in [6.45, 7) is 13.2. The van der Waals surface area contributed by atoms with E-state index in [-0.39, 0.29) is 47.9 Å². The van der Waals surface area contributed by atoms with Crippen molar-refractivity contribution in [2.45, 2.75) is 46.3 Å². The van der Waals surface area contributed by atoms with E-state index in [0.29, 0.717) is 32.7 Å². The van der Waals surface area contributed by atoms with Gasteiger partial charge in [-0.15, -0.1) is 24.0 Å². The van der Waals surface area contributed by atoms with Crippen LogP contribution >= 0.6 is 24.0 Å². The van der Waals surface area contributed by atoms with Gasteiger partial charge >= 0.3 is 6.09 Å². The number of amides is 2. The quantitative estimate of drug-likeness (QED) is 0.467. The van der Waals surface area contributed by atoms with E-state index in [1.165, 1.54) is 0 Å². The van der Waals surface area contributed by atoms with Gasteiger partial charge in [0.2, 0.25) is 5.91 Å². The molecule has 1 unspecified atom stereocenters. The number of aliphatic imine (C=N–C) groups is 1. The molecule has 9 heteroatoms. The highest BCUT2D eigenvalue weighted by Gasteiger charge is 2.36. The molecule has 1 fully saturated rings. The Morgan fingerprint density at radius 2 is 1.96 bits per heavy atom. The van der Waals surface area contributed by atoms with Crippen LogP contribution in [0.1, 0.15) is 34.6 Å². The zero-order valence-electron chi connectivity index (χ0n) is 16.4. The highest BCUT2D eigenvalue weighted by Crippen LogP contribution is 2.18. The maximum absolute atomic E-state index is 12.2. The monoisotopic (exact) mass is 481 g/mol. The molecule has 150 valence electrons. The Labute approximate surface area is 173 Å². The molecule has 2 aliphatic rings. The molecule has 0 aromatic heterocycles. The standard InChI is InChI=1S/C17H31N5O3.HI/c1-12(2)14(23)18-6-7-19-15-20-10-13-11-21(8-9-22(13)15)16(24)25-17(3,4)5;/h12-13H,6-11H2,1-5H3,(H,18,23)(H,19,20);1H. The Balaban J connectivity index is 0.00000338. The molecule has 2 aliphatic heterocycles. The Kier molecular flexibility index (Phi) is 8.42. The molecule has 0 saturated carbocycles. The largest absolute Gasteiger partial charge is 0.444 e. The molecule has 1 saturated heterocycles. The number of carbonyl (C=O) groups excluding carboxylic acids is 2. The van der Waals surface area contributed by atoms with Crippen molar-refractivity contribution in [3.05, 3.63) is 0 Å². The van der Waals surface area contributed by atoms with Crippen LogP contribution in [-0.4, -0.2) is 78.7 Å². The van der Waals surface area contributed by atoms with E-state index in [1.807, 2.05) is 34.6 Å². The predicted octanol–water partition coefficient (Wildman–Crippen LogP) is 1.26. The molecule has 0 bridgehead atoms. The van der Waals surface area contributed by atoms with Gasteiger partial charge in [-0.25, -0.2) is 4.79 Å². The number of piperazine rings is 1. The topological polar surface area (TPSA) is 86.3 Å². The zero-order chi connectivity index (χ0) is 18.6. The Morgan fingerprint density at radius 1 is 1.27 bits per heavy atom. The number of fused-ring (bicyclic) bond motifs is 1. The van der Waals surface area contributed by atoms with Crippen LogP contribution in [0.2, 0.25) is 0 Å². The third-order valence-electron chi connectivity index (χ3n) is 4.09. The Bertz CT molecular complexity index is 533. The molecular weight excluding hydrogens is 449 g/mol. The van der Waals surface area contributed by atoms with E-state index in [4.69, 9.17) is 4.74 Å². The summed E-state index contributed by atoms with van der Waals surface area (Å²) in [5.74, 6) is 0.904. The molecule has 2 N–H and O–H groups in total. The molecule has 26 heavy (non-hydrogen) atoms. The second kappa shape index (κ2) is 9.61. The molecule has 2 rings (SSSR count). The Hall–Kier alpha value is -1.26. The minimum absolute atomic E-state index is 0. The molecule has 0 radical (unpaired) electrons. The Morgan fingerprint density at radius 3 is 2.58 bits per heavy atom. The molecule has 0 aliphatic carbocycles. The molecule has 1 atom stereocenters. The number of halogens is 1. The van der Waals surface area contributed by atoms with Gasteiger partial charge in [-0.1, -0.05) is 13.8 Å². The van der Waals surface area contributed by atoms with Crippen LogP contribution in [0.5, 0.6) is 0 Å². The van der Waals surface area contributed by atoms with E-state index in [0.717, 1.165) is 12.5 Å². The van der Waals surface area contributed by atoms with Crippen molar-refractivity contribution < 1.29 is 14.3 Å². The molecule has 0 spiro atoms. The lowest BCUT2D eigenvalue weighted by atomic mass is 10.2. The van der Waals surface area contributed by atoms with Crippen molar-refractivity contribution in [2.24, 2.45) is 10.9 Å². The number of guanidine groups is 1. The number of nitrogens with zero attached hydrogens (tertiary/aromatic N) is 3. The van der Waals surface area contributed by atoms with Gasteiger partial charge in [0.25, 0.3) is 0 Å². The summed E-state index contributed by atoms with van der Waals surface area (Å²) in [6, 6.07) is 0.189. The maximum atomic E-state index is 12.2. The lowest BCUT2D eigenvalue weighted by molar-refractivity contribution is -0.123. The van der Waals surface area contributed by atoms with Gasteiger partial charge in [-0.3, -0.25) is 9.79 Å². The second-order valence-electron chi connectivity index (χ2n) is 7.81. The minimum atomic E-state index is -0.479. The SMILES string of the molecule is CC(C)C(=O)NCCNC1=NCC2CN(C(=O)OC(C)(C)C)CCN12.I. The number of hydrogen-bond acceptors (Lipinski definition) is 6. The van der Waals surface area contributed by atoms with Crippen LogP contribution < -0.4 is 10.6 Å². The van der Waals surface area contributed by atoms with E-state index in [2.05, 4.69) is 20.5 Å². The van der Waals surface area contributed by atoms with Crippen molar-refractivity contribution in [3.63, 3.8) is 0 Å². The molecular formula is C17H32IN5O3. The number of rotatable bonds is 4. The fraction of sp³-hybridized carbons (Fsp3) is 0.824. The number of carbonyl (C=O) groups is 2. The third-order valence-corrected chi connectivity index (χ3v) is 4.09. The van der Waals surface area contributed by atoms with Crippen LogP contribution in [0.15, 0.2) is 4.99 Å². The first-order chi connectivity index (χ1) is 11.7. The summed E-state index contributed by atoms with van der Waals surface area (Å²) >= 11 is 0. The number of ether oxygens (including phenoxy) is 1. The molecule has 2 heterocycles. The summed E-state index contributed by atoms with van der Waals surface area (Å²) in [4.78, 5) is 32.2. The fourth-order valence-electron chi connectivity index (χ4n) is 2.79. The summed E-state index contributed by atoms with van der Waals surface area (Å²) in [6.07, 6.45) is -0.259. The van der Waals surface area contributed by atoms with Gasteiger partial charge < -0.3 is 25.2 Å². The van der Waals surface area contributed by atoms with E-state index < -0.39 is 5.60 Å². The van der Waals surface area contributed by atoms with Crippen molar-refractivity contribution >= 4 is 41.9 Å². The number of hydrogen-bond donors (Lipinski definition) is 2. The molecule has 2 amide bonds. The lowest BCUT2D eigenvalue weighted by Crippen LogP contribution is -2.57. The first-order valence-corrected chi connectivity index (χ1v) is 8.98. The normalized spacial score (nSPS) is 19.5. The first-order valence-electron chi connectivity index (χ1n) is 8.98. The van der Waals surface area contributed by atoms with Gasteiger partial charge in [-0.2, -0.15) is 0 Å². The summed E-state index contributed by atoms with van der Waals surface area (Å²) in [7, 11) is 0. The molecule has 0 aromatic rings. The average molecular weight is 481 g/mol. The van der Waals surface area contributed by atoms with Crippen molar-refractivity contribution in [1.29, 1.82) is 0 Å². The summed E-state index contributed by atoms with van der Waals surface area (Å²) < 4.78 is 5.45. The van der Waals surface area contributed by atoms with Crippen LogP contribution in [0.3, 0.4) is 0 Å². The zero-order valence-corrected chi connectivity index (χ0v) is 18.7. The van der Waals surface area contributed by atoms with Crippen LogP contribution in [-0.2, 0) is 9.53 Å². The second-order valence-corrected chi connectivity index (χ2v) is 7.81. The highest BCUT2D eigenvalue weighted by atomic mass is 127. The van der Waals surface area contributed by atoms with Gasteiger partial charge in [0, 0.05) is 38.6 Å². The molecule has 8 nitrogen and oxygen atoms in total. The van der Waals surface area contributed by atoms with Gasteiger partial charge in [0.05, 0.1) is 12.6 Å². The van der Waals surface area contributed by atoms with Crippen molar-refractivity contribution in [3.8, 4) is 0 Å². The third kappa shape index (κ3) is 6.48. The van der Waals surface area contributed by atoms with Gasteiger partial charge in [0.15, 0.2) is 5.96 Å². The lowest BCUT2D eigenvalue weighted by Gasteiger charge is -2.39. The van der Waals surface area contributed by atoms with Crippen molar-refractivity contribution in [1.82, 2.24) is 20.4 Å². The molecule has 0 aromatic carbocycles. The van der Waals surface area contributed by atoms with E-state index in [9.17, 15) is 9.59 Å². The average Bonchev–Trinajstić information content (AvgIpc) is 2.91. The number of nitrogens with one attached hydrogen (secondary N) is 2. The van der Waals surface area contributed by atoms with E-state index >= 15 is 0 Å². The fourth-order valence-corrected chi connectivity index (χ4v) is 2.79. The highest BCUT2D eigenvalue weighted by molar-refractivity contribution is 14.0. The van der Waals surface area contributed by atoms with Crippen LogP contribution in [0, 0.1) is 5.92 Å². The van der Waals surface area contributed by atoms with Crippen LogP contribution in [0.4, 0.5) is 4.79 Å². The van der Waals surface area contributed by atoms with Gasteiger partial charge in [-0.05, 0) is 20.8 Å². The summed E-state index contributed by atoms with van der Waals surface area (Å²) in [5, 5.41) is 6.16. The predicted molar refractivity (Wildman–Crippen MR) is 112 cm³/mol. The smallest absolute Gasteiger partial charge is 0.410 e. The van der Waals surface area contributed by atoms with Crippen molar-refractivity contribution in [2.75, 3.05) is 39.3 Å². The minimum Gasteiger partial charge on any atom is -0.444 e. The summed E-state index contributed by atoms with van der Waals surface area (Å²) in [5.41, 5.74) is -0.479.